The van der Waals surface area contributed by atoms with Gasteiger partial charge in [0.05, 0.1) is 33.7 Å². The average Bonchev–Trinajstić information content (AvgIpc) is 3.08. The Labute approximate surface area is 176 Å². The van der Waals surface area contributed by atoms with Crippen LogP contribution in [0.15, 0.2) is 64.7 Å². The Kier molecular flexibility index (Phi) is 4.75. The van der Waals surface area contributed by atoms with Gasteiger partial charge in [0.15, 0.2) is 0 Å². The normalized spacial score (nSPS) is 18.8. The maximum absolute atomic E-state index is 13.3. The second-order valence-electron chi connectivity index (χ2n) is 7.08. The Morgan fingerprint density at radius 2 is 1.84 bits per heavy atom. The van der Waals surface area contributed by atoms with Crippen molar-refractivity contribution in [3.05, 3.63) is 75.5 Å². The largest absolute Gasteiger partial charge is 0.327 e. The summed E-state index contributed by atoms with van der Waals surface area (Å²) in [4.78, 5) is 39.0. The van der Waals surface area contributed by atoms with Gasteiger partial charge in [-0.15, -0.1) is 0 Å². The number of likely N-dealkylation sites (N-methyl/N-ethyl adjacent to an activating group) is 1. The number of nitrogens with one attached hydrogen (secondary N) is 1. The molecule has 3 N–H and O–H groups in total. The molecule has 0 fully saturated rings. The van der Waals surface area contributed by atoms with E-state index in [0.29, 0.717) is 16.9 Å². The number of primary sulfonamides is 1. The molecule has 12 heteroatoms. The molecule has 0 aromatic heterocycles. The van der Waals surface area contributed by atoms with Gasteiger partial charge in [0.25, 0.3) is 11.6 Å². The van der Waals surface area contributed by atoms with E-state index in [1.54, 1.807) is 6.07 Å². The molecular formula is C19H17N5O6S. The Morgan fingerprint density at radius 1 is 1.16 bits per heavy atom. The summed E-state index contributed by atoms with van der Waals surface area (Å²) < 4.78 is 23.0. The van der Waals surface area contributed by atoms with Gasteiger partial charge in [0.1, 0.15) is 0 Å². The summed E-state index contributed by atoms with van der Waals surface area (Å²) in [6, 6.07) is 9.91. The molecule has 0 saturated carbocycles. The van der Waals surface area contributed by atoms with Crippen LogP contribution >= 0.6 is 0 Å². The number of sulfonamides is 1. The number of hydrogen-bond donors (Lipinski definition) is 2. The smallest absolute Gasteiger partial charge is 0.322 e. The number of carbonyl (C=O) groups is 2. The molecule has 0 saturated heterocycles. The van der Waals surface area contributed by atoms with Gasteiger partial charge in [-0.25, -0.2) is 18.4 Å². The molecule has 0 bridgehead atoms. The molecule has 2 aliphatic heterocycles. The molecule has 160 valence electrons. The van der Waals surface area contributed by atoms with Crippen molar-refractivity contribution in [2.75, 3.05) is 18.5 Å². The van der Waals surface area contributed by atoms with Gasteiger partial charge in [-0.2, -0.15) is 0 Å². The van der Waals surface area contributed by atoms with Crippen molar-refractivity contribution in [1.82, 2.24) is 10.2 Å². The molecule has 0 aliphatic carbocycles. The summed E-state index contributed by atoms with van der Waals surface area (Å²) in [6.07, 6.45) is 0. The predicted octanol–water partition coefficient (Wildman–Crippen LogP) is 1.24. The lowest BCUT2D eigenvalue weighted by Gasteiger charge is -2.30. The van der Waals surface area contributed by atoms with E-state index in [0.717, 1.165) is 0 Å². The lowest BCUT2D eigenvalue weighted by Crippen LogP contribution is -2.45. The number of hydrogen-bond acceptors (Lipinski definition) is 6. The fourth-order valence-corrected chi connectivity index (χ4v) is 4.18. The number of urea groups is 1. The zero-order chi connectivity index (χ0) is 22.5. The summed E-state index contributed by atoms with van der Waals surface area (Å²) in [6.45, 7) is 0.0816. The molecule has 2 aliphatic rings. The van der Waals surface area contributed by atoms with Crippen molar-refractivity contribution in [1.29, 1.82) is 0 Å². The van der Waals surface area contributed by atoms with Crippen molar-refractivity contribution in [2.45, 2.75) is 10.9 Å². The lowest BCUT2D eigenvalue weighted by molar-refractivity contribution is -0.384. The summed E-state index contributed by atoms with van der Waals surface area (Å²) in [5.41, 5.74) is 1.42. The van der Waals surface area contributed by atoms with Crippen LogP contribution in [0, 0.1) is 10.1 Å². The van der Waals surface area contributed by atoms with Gasteiger partial charge >= 0.3 is 6.03 Å². The molecule has 0 unspecified atom stereocenters. The van der Waals surface area contributed by atoms with Gasteiger partial charge in [-0.1, -0.05) is 12.1 Å². The van der Waals surface area contributed by atoms with Crippen molar-refractivity contribution >= 4 is 33.3 Å². The number of carbonyl (C=O) groups excluding carboxylic acids is 2. The van der Waals surface area contributed by atoms with E-state index < -0.39 is 32.9 Å². The summed E-state index contributed by atoms with van der Waals surface area (Å²) in [5, 5.41) is 19.0. The Morgan fingerprint density at radius 3 is 2.45 bits per heavy atom. The van der Waals surface area contributed by atoms with Crippen LogP contribution in [0.2, 0.25) is 0 Å². The van der Waals surface area contributed by atoms with Gasteiger partial charge in [0.2, 0.25) is 10.0 Å². The SMILES string of the molecule is CN1C(=O)N[C@H](c2cccc([N+](=O)[O-])c2)C2=C1CN(c1ccc(S(N)(=O)=O)cc1)C2=O. The van der Waals surface area contributed by atoms with Crippen molar-refractivity contribution < 1.29 is 22.9 Å². The maximum atomic E-state index is 13.3. The van der Waals surface area contributed by atoms with Crippen molar-refractivity contribution in [2.24, 2.45) is 5.14 Å². The second kappa shape index (κ2) is 7.18. The molecule has 31 heavy (non-hydrogen) atoms. The monoisotopic (exact) mass is 443 g/mol. The zero-order valence-corrected chi connectivity index (χ0v) is 17.0. The molecule has 0 radical (unpaired) electrons. The first-order valence-corrected chi connectivity index (χ1v) is 10.6. The van der Waals surface area contributed by atoms with E-state index >= 15 is 0 Å². The van der Waals surface area contributed by atoms with E-state index in [1.807, 2.05) is 0 Å². The summed E-state index contributed by atoms with van der Waals surface area (Å²) >= 11 is 0. The van der Waals surface area contributed by atoms with Crippen LogP contribution in [0.25, 0.3) is 0 Å². The fraction of sp³-hybridized carbons (Fsp3) is 0.158. The molecule has 2 aromatic rings. The molecule has 0 spiro atoms. The molecular weight excluding hydrogens is 426 g/mol. The van der Waals surface area contributed by atoms with Crippen molar-refractivity contribution in [3.63, 3.8) is 0 Å². The van der Waals surface area contributed by atoms with Crippen LogP contribution in [0.5, 0.6) is 0 Å². The Balaban J connectivity index is 1.73. The van der Waals surface area contributed by atoms with Crippen molar-refractivity contribution in [3.8, 4) is 0 Å². The zero-order valence-electron chi connectivity index (χ0n) is 16.2. The van der Waals surface area contributed by atoms with E-state index in [-0.39, 0.29) is 22.7 Å². The molecule has 3 amide bonds. The highest BCUT2D eigenvalue weighted by molar-refractivity contribution is 7.89. The first-order valence-electron chi connectivity index (χ1n) is 9.04. The number of anilines is 1. The number of rotatable bonds is 4. The van der Waals surface area contributed by atoms with Gasteiger partial charge < -0.3 is 10.2 Å². The van der Waals surface area contributed by atoms with Gasteiger partial charge in [-0.3, -0.25) is 19.8 Å². The number of nitro benzene ring substituents is 1. The number of non-ortho nitro benzene ring substituents is 1. The third-order valence-corrected chi connectivity index (χ3v) is 6.18. The summed E-state index contributed by atoms with van der Waals surface area (Å²) in [7, 11) is -2.36. The number of nitrogens with zero attached hydrogens (tertiary/aromatic N) is 3. The predicted molar refractivity (Wildman–Crippen MR) is 109 cm³/mol. The van der Waals surface area contributed by atoms with E-state index in [2.05, 4.69) is 5.32 Å². The minimum absolute atomic E-state index is 0.0816. The van der Waals surface area contributed by atoms with Crippen LogP contribution in [0.3, 0.4) is 0 Å². The van der Waals surface area contributed by atoms with E-state index in [9.17, 15) is 28.1 Å². The summed E-state index contributed by atoms with van der Waals surface area (Å²) in [5.74, 6) is -0.401. The highest BCUT2D eigenvalue weighted by atomic mass is 32.2. The van der Waals surface area contributed by atoms with Gasteiger partial charge in [0, 0.05) is 24.9 Å². The minimum atomic E-state index is -3.88. The highest BCUT2D eigenvalue weighted by Gasteiger charge is 2.43. The van der Waals surface area contributed by atoms with Crippen LogP contribution in [-0.4, -0.2) is 43.8 Å². The van der Waals surface area contributed by atoms with E-state index in [4.69, 9.17) is 5.14 Å². The Hall–Kier alpha value is -3.77. The molecule has 2 heterocycles. The molecule has 1 atom stereocenters. The first-order chi connectivity index (χ1) is 14.6. The average molecular weight is 443 g/mol. The number of nitro groups is 1. The third kappa shape index (κ3) is 3.51. The molecule has 11 nitrogen and oxygen atoms in total. The topological polar surface area (TPSA) is 156 Å². The minimum Gasteiger partial charge on any atom is -0.327 e. The van der Waals surface area contributed by atoms with Crippen LogP contribution in [-0.2, 0) is 14.8 Å². The second-order valence-corrected chi connectivity index (χ2v) is 8.65. The molecule has 4 rings (SSSR count). The van der Waals surface area contributed by atoms with E-state index in [1.165, 1.54) is 59.3 Å². The van der Waals surface area contributed by atoms with Crippen LogP contribution in [0.1, 0.15) is 11.6 Å². The lowest BCUT2D eigenvalue weighted by atomic mass is 9.95. The number of benzene rings is 2. The quantitative estimate of drug-likeness (QED) is 0.535. The number of amides is 3. The third-order valence-electron chi connectivity index (χ3n) is 5.25. The Bertz CT molecular complexity index is 1250. The standard InChI is InChI=1S/C19H17N5O6S/c1-22-15-10-23(12-5-7-14(8-6-12)31(20,29)30)18(25)16(15)17(21-19(22)26)11-3-2-4-13(9-11)24(27)28/h2-9,17H,10H2,1H3,(H,21,26)(H2,20,29,30)/t17-/m1/s1. The molecule has 2 aromatic carbocycles. The number of nitrogens with two attached hydrogens (primary N) is 1. The fourth-order valence-electron chi connectivity index (χ4n) is 3.66. The van der Waals surface area contributed by atoms with Crippen LogP contribution < -0.4 is 15.4 Å². The maximum Gasteiger partial charge on any atom is 0.322 e. The van der Waals surface area contributed by atoms with Gasteiger partial charge in [-0.05, 0) is 29.8 Å². The first kappa shape index (κ1) is 20.5. The van der Waals surface area contributed by atoms with Crippen LogP contribution in [0.4, 0.5) is 16.2 Å². The highest BCUT2D eigenvalue weighted by Crippen LogP contribution is 2.38.